The molecule has 2 aromatic heterocycles. The van der Waals surface area contributed by atoms with Crippen LogP contribution in [0.4, 0.5) is 9.59 Å². The van der Waals surface area contributed by atoms with Crippen molar-refractivity contribution < 1.29 is 23.9 Å². The third-order valence-corrected chi connectivity index (χ3v) is 9.71. The van der Waals surface area contributed by atoms with Crippen LogP contribution in [0.15, 0.2) is 47.4 Å². The molecule has 0 spiro atoms. The lowest BCUT2D eigenvalue weighted by molar-refractivity contribution is -0.124. The number of carbonyl (C=O) groups excluding carboxylic acids is 3. The highest BCUT2D eigenvalue weighted by molar-refractivity contribution is 7.09. The number of benzene rings is 1. The van der Waals surface area contributed by atoms with Gasteiger partial charge in [-0.05, 0) is 31.2 Å². The minimum absolute atomic E-state index is 0.179. The molecule has 1 aromatic carbocycles. The second-order valence-electron chi connectivity index (χ2n) is 11.9. The first-order valence-corrected chi connectivity index (χ1v) is 17.9. The predicted octanol–water partition coefficient (Wildman–Crippen LogP) is 4.39. The lowest BCUT2D eigenvalue weighted by Gasteiger charge is -2.30. The van der Waals surface area contributed by atoms with Gasteiger partial charge in [-0.3, -0.25) is 14.7 Å². The van der Waals surface area contributed by atoms with Crippen molar-refractivity contribution in [1.29, 1.82) is 0 Å². The van der Waals surface area contributed by atoms with Crippen molar-refractivity contribution in [3.8, 4) is 0 Å². The number of aromatic nitrogens is 2. The summed E-state index contributed by atoms with van der Waals surface area (Å²) in [7, 11) is 1.72. The Labute approximate surface area is 285 Å². The van der Waals surface area contributed by atoms with Gasteiger partial charge in [-0.2, -0.15) is 0 Å². The number of amides is 4. The molecule has 3 aromatic rings. The van der Waals surface area contributed by atoms with Gasteiger partial charge in [0.1, 0.15) is 12.6 Å². The fraction of sp³-hybridized carbons (Fsp3) is 0.545. The number of hydrogen-bond acceptors (Lipinski definition) is 10. The van der Waals surface area contributed by atoms with Crippen LogP contribution in [0.25, 0.3) is 0 Å². The van der Waals surface area contributed by atoms with Gasteiger partial charge in [0.05, 0.1) is 40.8 Å². The van der Waals surface area contributed by atoms with E-state index in [0.717, 1.165) is 34.2 Å². The van der Waals surface area contributed by atoms with E-state index in [1.807, 2.05) is 35.7 Å². The molecule has 0 radical (unpaired) electrons. The number of rotatable bonds is 17. The molecular weight excluding hydrogens is 639 g/mol. The van der Waals surface area contributed by atoms with E-state index in [1.165, 1.54) is 11.3 Å². The summed E-state index contributed by atoms with van der Waals surface area (Å²) < 4.78 is 10.7. The summed E-state index contributed by atoms with van der Waals surface area (Å²) in [6.45, 7) is 8.68. The molecule has 2 atom stereocenters. The van der Waals surface area contributed by atoms with E-state index in [2.05, 4.69) is 44.7 Å². The molecule has 4 rings (SSSR count). The average molecular weight is 686 g/mol. The Balaban J connectivity index is 1.35. The van der Waals surface area contributed by atoms with Gasteiger partial charge in [-0.15, -0.1) is 22.7 Å². The lowest BCUT2D eigenvalue weighted by atomic mass is 10.0. The Hall–Kier alpha value is -3.59. The molecule has 3 N–H and O–H groups in total. The highest BCUT2D eigenvalue weighted by Crippen LogP contribution is 2.20. The summed E-state index contributed by atoms with van der Waals surface area (Å²) in [5, 5.41) is 12.0. The molecule has 1 aliphatic heterocycles. The quantitative estimate of drug-likeness (QED) is 0.178. The minimum Gasteiger partial charge on any atom is -0.444 e. The van der Waals surface area contributed by atoms with Crippen LogP contribution in [0.2, 0.25) is 0 Å². The van der Waals surface area contributed by atoms with Crippen LogP contribution in [0.3, 0.4) is 0 Å². The van der Waals surface area contributed by atoms with Crippen LogP contribution in [-0.4, -0.2) is 96.3 Å². The second kappa shape index (κ2) is 19.3. The lowest BCUT2D eigenvalue weighted by Crippen LogP contribution is -2.53. The van der Waals surface area contributed by atoms with E-state index in [0.29, 0.717) is 64.4 Å². The molecular formula is C33H47N7O5S2. The molecule has 0 bridgehead atoms. The van der Waals surface area contributed by atoms with Crippen molar-refractivity contribution in [2.24, 2.45) is 0 Å². The molecule has 1 saturated heterocycles. The number of urea groups is 1. The Morgan fingerprint density at radius 3 is 2.57 bits per heavy atom. The maximum atomic E-state index is 13.9. The highest BCUT2D eigenvalue weighted by Gasteiger charge is 2.26. The number of nitrogens with zero attached hydrogens (tertiary/aromatic N) is 4. The summed E-state index contributed by atoms with van der Waals surface area (Å²) >= 11 is 3.02. The van der Waals surface area contributed by atoms with Crippen molar-refractivity contribution in [2.45, 2.75) is 70.7 Å². The third-order valence-electron chi connectivity index (χ3n) is 7.76. The van der Waals surface area contributed by atoms with Crippen LogP contribution in [0, 0.1) is 0 Å². The third kappa shape index (κ3) is 12.9. The van der Waals surface area contributed by atoms with E-state index < -0.39 is 12.1 Å². The van der Waals surface area contributed by atoms with Crippen LogP contribution in [0.5, 0.6) is 0 Å². The Kier molecular flexibility index (Phi) is 14.9. The number of thiazole rings is 2. The molecule has 3 heterocycles. The molecule has 256 valence electrons. The SMILES string of the molecule is CC(C)c1nc(CN(C)C(=O)NC(CCN2CCOCC2)C(=O)NC(CCCNC(=O)OCc2cncs2)Cc2ccccc2)cs1. The molecule has 4 amide bonds. The second-order valence-corrected chi connectivity index (χ2v) is 13.8. The van der Waals surface area contributed by atoms with Gasteiger partial charge in [0.2, 0.25) is 5.91 Å². The van der Waals surface area contributed by atoms with Gasteiger partial charge < -0.3 is 30.3 Å². The minimum atomic E-state index is -0.729. The van der Waals surface area contributed by atoms with Crippen molar-refractivity contribution in [1.82, 2.24) is 35.7 Å². The first-order valence-electron chi connectivity index (χ1n) is 16.1. The van der Waals surface area contributed by atoms with Crippen molar-refractivity contribution in [3.05, 3.63) is 68.6 Å². The van der Waals surface area contributed by atoms with Crippen molar-refractivity contribution >= 4 is 40.7 Å². The topological polar surface area (TPSA) is 138 Å². The molecule has 47 heavy (non-hydrogen) atoms. The van der Waals surface area contributed by atoms with Gasteiger partial charge in [-0.1, -0.05) is 44.2 Å². The standard InChI is InChI=1S/C33H47N7O5S2/c1-24(2)31-37-27(22-46-31)20-39(3)32(42)38-29(11-13-40-14-16-44-17-15-40)30(41)36-26(18-25-8-5-4-6-9-25)10-7-12-35-33(43)45-21-28-19-34-23-47-28/h4-6,8-9,19,22-24,26,29H,7,10-18,20-21H2,1-3H3,(H,35,43)(H,36,41)(H,38,42). The van der Waals surface area contributed by atoms with E-state index in [-0.39, 0.29) is 24.6 Å². The molecule has 14 heteroatoms. The van der Waals surface area contributed by atoms with E-state index >= 15 is 0 Å². The predicted molar refractivity (Wildman–Crippen MR) is 183 cm³/mol. The van der Waals surface area contributed by atoms with Crippen LogP contribution in [0.1, 0.15) is 60.2 Å². The number of alkyl carbamates (subject to hydrolysis) is 1. The van der Waals surface area contributed by atoms with Gasteiger partial charge in [0.25, 0.3) is 0 Å². The van der Waals surface area contributed by atoms with E-state index in [4.69, 9.17) is 9.47 Å². The Bertz CT molecular complexity index is 1370. The van der Waals surface area contributed by atoms with Crippen LogP contribution in [-0.2, 0) is 33.8 Å². The van der Waals surface area contributed by atoms with Gasteiger partial charge >= 0.3 is 12.1 Å². The smallest absolute Gasteiger partial charge is 0.407 e. The van der Waals surface area contributed by atoms with Crippen molar-refractivity contribution in [2.75, 3.05) is 46.4 Å². The molecule has 2 unspecified atom stereocenters. The number of nitrogens with one attached hydrogen (secondary N) is 3. The summed E-state index contributed by atoms with van der Waals surface area (Å²) in [4.78, 5) is 52.7. The molecule has 12 nitrogen and oxygen atoms in total. The fourth-order valence-electron chi connectivity index (χ4n) is 5.11. The van der Waals surface area contributed by atoms with Crippen LogP contribution < -0.4 is 16.0 Å². The monoisotopic (exact) mass is 685 g/mol. The summed E-state index contributed by atoms with van der Waals surface area (Å²) in [6.07, 6.45) is 3.52. The molecule has 1 aliphatic rings. The first-order chi connectivity index (χ1) is 22.8. The largest absolute Gasteiger partial charge is 0.444 e. The zero-order valence-electron chi connectivity index (χ0n) is 27.5. The van der Waals surface area contributed by atoms with E-state index in [1.54, 1.807) is 35.0 Å². The zero-order valence-corrected chi connectivity index (χ0v) is 29.1. The summed E-state index contributed by atoms with van der Waals surface area (Å²) in [5.41, 5.74) is 3.61. The fourth-order valence-corrected chi connectivity index (χ4v) is 6.44. The number of hydrogen-bond donors (Lipinski definition) is 3. The van der Waals surface area contributed by atoms with Gasteiger partial charge in [0, 0.05) is 56.8 Å². The molecule has 1 fully saturated rings. The summed E-state index contributed by atoms with van der Waals surface area (Å²) in [5.74, 6) is 0.0948. The molecule has 0 aliphatic carbocycles. The Morgan fingerprint density at radius 2 is 1.87 bits per heavy atom. The van der Waals surface area contributed by atoms with Gasteiger partial charge in [-0.25, -0.2) is 14.6 Å². The van der Waals surface area contributed by atoms with E-state index in [9.17, 15) is 14.4 Å². The maximum absolute atomic E-state index is 13.9. The zero-order chi connectivity index (χ0) is 33.4. The normalized spacial score (nSPS) is 14.7. The number of morpholine rings is 1. The van der Waals surface area contributed by atoms with Gasteiger partial charge in [0.15, 0.2) is 0 Å². The highest BCUT2D eigenvalue weighted by atomic mass is 32.1. The summed E-state index contributed by atoms with van der Waals surface area (Å²) in [6, 6.07) is 8.71. The molecule has 0 saturated carbocycles. The average Bonchev–Trinajstić information content (AvgIpc) is 3.77. The number of ether oxygens (including phenoxy) is 2. The van der Waals surface area contributed by atoms with Crippen molar-refractivity contribution in [3.63, 3.8) is 0 Å². The Morgan fingerprint density at radius 1 is 1.09 bits per heavy atom. The van der Waals surface area contributed by atoms with Crippen LogP contribution >= 0.6 is 22.7 Å². The number of carbonyl (C=O) groups is 3. The maximum Gasteiger partial charge on any atom is 0.407 e. The first kappa shape index (κ1) is 36.2.